The number of rotatable bonds is 4. The minimum absolute atomic E-state index is 0.00808. The minimum atomic E-state index is -0.903. The number of carbonyl (C=O) groups is 2. The van der Waals surface area contributed by atoms with Crippen molar-refractivity contribution in [2.45, 2.75) is 38.3 Å². The fraction of sp³-hybridized carbons (Fsp3) is 0.429. The van der Waals surface area contributed by atoms with Gasteiger partial charge in [-0.1, -0.05) is 6.07 Å². The molecule has 0 aliphatic carbocycles. The molecule has 0 spiro atoms. The van der Waals surface area contributed by atoms with E-state index < -0.39 is 11.6 Å². The SMILES string of the molecule is CC1(C)Oc2ccc(C(N)CCC(=O)O)cc2NC1=O. The van der Waals surface area contributed by atoms with Gasteiger partial charge in [0, 0.05) is 12.5 Å². The van der Waals surface area contributed by atoms with E-state index in [9.17, 15) is 9.59 Å². The average Bonchev–Trinajstić information content (AvgIpc) is 2.36. The van der Waals surface area contributed by atoms with E-state index in [4.69, 9.17) is 15.6 Å². The highest BCUT2D eigenvalue weighted by atomic mass is 16.5. The van der Waals surface area contributed by atoms with Crippen molar-refractivity contribution in [3.8, 4) is 5.75 Å². The van der Waals surface area contributed by atoms with Crippen LogP contribution in [0.15, 0.2) is 18.2 Å². The zero-order valence-electron chi connectivity index (χ0n) is 11.5. The van der Waals surface area contributed by atoms with Crippen molar-refractivity contribution in [1.82, 2.24) is 0 Å². The molecule has 1 aromatic carbocycles. The Morgan fingerprint density at radius 1 is 1.50 bits per heavy atom. The number of benzene rings is 1. The van der Waals surface area contributed by atoms with Gasteiger partial charge in [0.25, 0.3) is 5.91 Å². The number of anilines is 1. The Morgan fingerprint density at radius 3 is 2.85 bits per heavy atom. The number of ether oxygens (including phenoxy) is 1. The summed E-state index contributed by atoms with van der Waals surface area (Å²) in [6, 6.07) is 4.88. The van der Waals surface area contributed by atoms with Crippen LogP contribution in [0.5, 0.6) is 5.75 Å². The number of amides is 1. The quantitative estimate of drug-likeness (QED) is 0.777. The zero-order valence-corrected chi connectivity index (χ0v) is 11.5. The number of aliphatic carboxylic acids is 1. The van der Waals surface area contributed by atoms with Crippen LogP contribution in [0.25, 0.3) is 0 Å². The predicted molar refractivity (Wildman–Crippen MR) is 73.6 cm³/mol. The second kappa shape index (κ2) is 5.13. The first-order chi connectivity index (χ1) is 9.29. The zero-order chi connectivity index (χ0) is 14.9. The molecule has 1 aliphatic heterocycles. The molecule has 20 heavy (non-hydrogen) atoms. The molecule has 1 unspecified atom stereocenters. The van der Waals surface area contributed by atoms with Crippen LogP contribution in [0.1, 0.15) is 38.3 Å². The van der Waals surface area contributed by atoms with Crippen molar-refractivity contribution in [2.75, 3.05) is 5.32 Å². The molecule has 0 aromatic heterocycles. The summed E-state index contributed by atoms with van der Waals surface area (Å²) in [5.41, 5.74) is 6.38. The Kier molecular flexibility index (Phi) is 3.67. The summed E-state index contributed by atoms with van der Waals surface area (Å²) in [6.07, 6.45) is 0.350. The molecule has 1 aromatic rings. The van der Waals surface area contributed by atoms with Crippen LogP contribution >= 0.6 is 0 Å². The highest BCUT2D eigenvalue weighted by Gasteiger charge is 2.35. The van der Waals surface area contributed by atoms with Crippen molar-refractivity contribution >= 4 is 17.6 Å². The maximum Gasteiger partial charge on any atom is 0.303 e. The summed E-state index contributed by atoms with van der Waals surface area (Å²) in [4.78, 5) is 22.4. The monoisotopic (exact) mass is 278 g/mol. The molecular weight excluding hydrogens is 260 g/mol. The molecule has 2 rings (SSSR count). The molecule has 0 saturated heterocycles. The summed E-state index contributed by atoms with van der Waals surface area (Å²) < 4.78 is 5.62. The molecule has 108 valence electrons. The summed E-state index contributed by atoms with van der Waals surface area (Å²) in [7, 11) is 0. The van der Waals surface area contributed by atoms with Gasteiger partial charge >= 0.3 is 5.97 Å². The lowest BCUT2D eigenvalue weighted by molar-refractivity contribution is -0.137. The maximum atomic E-state index is 11.8. The topological polar surface area (TPSA) is 102 Å². The number of hydrogen-bond acceptors (Lipinski definition) is 4. The maximum absolute atomic E-state index is 11.8. The summed E-state index contributed by atoms with van der Waals surface area (Å²) in [6.45, 7) is 3.38. The molecule has 1 heterocycles. The van der Waals surface area contributed by atoms with E-state index >= 15 is 0 Å². The van der Waals surface area contributed by atoms with Crippen molar-refractivity contribution in [3.05, 3.63) is 23.8 Å². The summed E-state index contributed by atoms with van der Waals surface area (Å²) in [5, 5.41) is 11.4. The standard InChI is InChI=1S/C14H18N2O4/c1-14(2)13(19)16-10-7-8(3-5-11(10)20-14)9(15)4-6-12(17)18/h3,5,7,9H,4,6,15H2,1-2H3,(H,16,19)(H,17,18). The average molecular weight is 278 g/mol. The molecule has 1 atom stereocenters. The van der Waals surface area contributed by atoms with Gasteiger partial charge in [-0.2, -0.15) is 0 Å². The largest absolute Gasteiger partial charge is 0.481 e. The first-order valence-electron chi connectivity index (χ1n) is 6.41. The third kappa shape index (κ3) is 2.91. The Labute approximate surface area is 116 Å². The van der Waals surface area contributed by atoms with Crippen LogP contribution in [-0.2, 0) is 9.59 Å². The van der Waals surface area contributed by atoms with Crippen molar-refractivity contribution in [3.63, 3.8) is 0 Å². The second-order valence-corrected chi connectivity index (χ2v) is 5.36. The van der Waals surface area contributed by atoms with Crippen LogP contribution in [0.3, 0.4) is 0 Å². The van der Waals surface area contributed by atoms with Gasteiger partial charge < -0.3 is 20.9 Å². The Balaban J connectivity index is 2.18. The Bertz CT molecular complexity index is 554. The molecule has 1 amide bonds. The lowest BCUT2D eigenvalue weighted by Gasteiger charge is -2.32. The van der Waals surface area contributed by atoms with E-state index in [-0.39, 0.29) is 18.4 Å². The van der Waals surface area contributed by atoms with Gasteiger partial charge in [0.2, 0.25) is 0 Å². The summed E-state index contributed by atoms with van der Waals surface area (Å²) in [5.74, 6) is -0.512. The van der Waals surface area contributed by atoms with E-state index in [1.807, 2.05) is 0 Å². The molecule has 0 radical (unpaired) electrons. The first kappa shape index (κ1) is 14.3. The fourth-order valence-corrected chi connectivity index (χ4v) is 2.00. The van der Waals surface area contributed by atoms with Crippen LogP contribution < -0.4 is 15.8 Å². The normalized spacial score (nSPS) is 17.6. The lowest BCUT2D eigenvalue weighted by Crippen LogP contribution is -2.45. The van der Waals surface area contributed by atoms with Gasteiger partial charge in [-0.25, -0.2) is 0 Å². The van der Waals surface area contributed by atoms with Crippen molar-refractivity contribution in [2.24, 2.45) is 5.73 Å². The fourth-order valence-electron chi connectivity index (χ4n) is 2.00. The van der Waals surface area contributed by atoms with Gasteiger partial charge in [0.1, 0.15) is 5.75 Å². The van der Waals surface area contributed by atoms with Gasteiger partial charge in [-0.3, -0.25) is 9.59 Å². The van der Waals surface area contributed by atoms with Crippen LogP contribution in [0, 0.1) is 0 Å². The highest BCUT2D eigenvalue weighted by molar-refractivity contribution is 6.00. The van der Waals surface area contributed by atoms with E-state index in [0.717, 1.165) is 5.56 Å². The number of nitrogens with two attached hydrogens (primary N) is 1. The first-order valence-corrected chi connectivity index (χ1v) is 6.41. The van der Waals surface area contributed by atoms with Crippen LogP contribution in [-0.4, -0.2) is 22.6 Å². The predicted octanol–water partition coefficient (Wildman–Crippen LogP) is 1.66. The van der Waals surface area contributed by atoms with E-state index in [2.05, 4.69) is 5.32 Å². The molecule has 6 nitrogen and oxygen atoms in total. The second-order valence-electron chi connectivity index (χ2n) is 5.36. The molecule has 0 bridgehead atoms. The van der Waals surface area contributed by atoms with E-state index in [1.165, 1.54) is 0 Å². The lowest BCUT2D eigenvalue weighted by atomic mass is 10.00. The summed E-state index contributed by atoms with van der Waals surface area (Å²) >= 11 is 0. The highest BCUT2D eigenvalue weighted by Crippen LogP contribution is 2.35. The Hall–Kier alpha value is -2.08. The molecule has 1 aliphatic rings. The number of carbonyl (C=O) groups excluding carboxylic acids is 1. The smallest absolute Gasteiger partial charge is 0.303 e. The molecular formula is C14H18N2O4. The number of carboxylic acid groups (broad SMARTS) is 1. The van der Waals surface area contributed by atoms with Crippen molar-refractivity contribution < 1.29 is 19.4 Å². The molecule has 4 N–H and O–H groups in total. The van der Waals surface area contributed by atoms with Crippen LogP contribution in [0.2, 0.25) is 0 Å². The van der Waals surface area contributed by atoms with Crippen molar-refractivity contribution in [1.29, 1.82) is 0 Å². The molecule has 0 saturated carbocycles. The van der Waals surface area contributed by atoms with Gasteiger partial charge in [0.05, 0.1) is 5.69 Å². The van der Waals surface area contributed by atoms with Gasteiger partial charge in [0.15, 0.2) is 5.60 Å². The Morgan fingerprint density at radius 2 is 2.20 bits per heavy atom. The third-order valence-corrected chi connectivity index (χ3v) is 3.26. The minimum Gasteiger partial charge on any atom is -0.481 e. The number of nitrogens with one attached hydrogen (secondary N) is 1. The van der Waals surface area contributed by atoms with E-state index in [0.29, 0.717) is 17.9 Å². The van der Waals surface area contributed by atoms with Crippen LogP contribution in [0.4, 0.5) is 5.69 Å². The molecule has 0 fully saturated rings. The van der Waals surface area contributed by atoms with E-state index in [1.54, 1.807) is 32.0 Å². The third-order valence-electron chi connectivity index (χ3n) is 3.26. The number of fused-ring (bicyclic) bond motifs is 1. The number of hydrogen-bond donors (Lipinski definition) is 3. The molecule has 6 heteroatoms. The van der Waals surface area contributed by atoms with Gasteiger partial charge in [-0.15, -0.1) is 0 Å². The number of carboxylic acids is 1. The van der Waals surface area contributed by atoms with Gasteiger partial charge in [-0.05, 0) is 38.0 Å².